The number of benzene rings is 2. The molecule has 0 aromatic heterocycles. The Morgan fingerprint density at radius 3 is 2.79 bits per heavy atom. The van der Waals surface area contributed by atoms with Crippen molar-refractivity contribution in [3.8, 4) is 5.75 Å². The number of allylic oxidation sites excluding steroid dienone is 1. The standard InChI is InChI=1S/C20H18FNO2/c1-23-18-9-7-13(10-17(18)21)16-11-19(22)24-20-14-5-3-2-4-12(14)6-8-15(16)20/h2-5,7,9-10,16,22H,6,8,11H2,1H3. The molecule has 3 nitrogen and oxygen atoms in total. The smallest absolute Gasteiger partial charge is 0.188 e. The zero-order chi connectivity index (χ0) is 16.7. The van der Waals surface area contributed by atoms with Crippen molar-refractivity contribution >= 4 is 11.7 Å². The Morgan fingerprint density at radius 2 is 2.00 bits per heavy atom. The number of methoxy groups -OCH3 is 1. The number of ether oxygens (including phenoxy) is 2. The molecule has 122 valence electrons. The fourth-order valence-corrected chi connectivity index (χ4v) is 3.66. The number of hydrogen-bond donors (Lipinski definition) is 1. The predicted molar refractivity (Wildman–Crippen MR) is 90.8 cm³/mol. The van der Waals surface area contributed by atoms with Crippen LogP contribution >= 0.6 is 0 Å². The third-order valence-electron chi connectivity index (χ3n) is 4.83. The second-order valence-electron chi connectivity index (χ2n) is 6.19. The van der Waals surface area contributed by atoms with E-state index in [0.717, 1.165) is 35.3 Å². The first-order valence-electron chi connectivity index (χ1n) is 8.07. The van der Waals surface area contributed by atoms with Crippen LogP contribution in [0.4, 0.5) is 4.39 Å². The molecule has 0 radical (unpaired) electrons. The third kappa shape index (κ3) is 2.39. The molecule has 1 atom stereocenters. The molecule has 0 bridgehead atoms. The van der Waals surface area contributed by atoms with Crippen molar-refractivity contribution in [1.82, 2.24) is 0 Å². The van der Waals surface area contributed by atoms with Crippen LogP contribution in [0, 0.1) is 11.2 Å². The summed E-state index contributed by atoms with van der Waals surface area (Å²) in [4.78, 5) is 0. The highest BCUT2D eigenvalue weighted by molar-refractivity contribution is 5.87. The molecule has 1 aliphatic carbocycles. The molecule has 4 rings (SSSR count). The zero-order valence-corrected chi connectivity index (χ0v) is 13.4. The lowest BCUT2D eigenvalue weighted by molar-refractivity contribution is 0.385. The number of hydrogen-bond acceptors (Lipinski definition) is 3. The second kappa shape index (κ2) is 5.78. The molecule has 0 fully saturated rings. The largest absolute Gasteiger partial charge is 0.494 e. The Bertz CT molecular complexity index is 856. The minimum atomic E-state index is -0.369. The molecule has 1 N–H and O–H groups in total. The number of rotatable bonds is 2. The molecule has 2 aromatic rings. The van der Waals surface area contributed by atoms with Gasteiger partial charge in [0.25, 0.3) is 0 Å². The first-order valence-corrected chi connectivity index (χ1v) is 8.07. The maximum atomic E-state index is 14.1. The van der Waals surface area contributed by atoms with Crippen molar-refractivity contribution in [2.45, 2.75) is 25.2 Å². The van der Waals surface area contributed by atoms with E-state index in [0.29, 0.717) is 6.42 Å². The number of aryl methyl sites for hydroxylation is 1. The van der Waals surface area contributed by atoms with E-state index in [1.165, 1.54) is 18.7 Å². The average Bonchev–Trinajstić information content (AvgIpc) is 2.61. The van der Waals surface area contributed by atoms with Gasteiger partial charge in [-0.2, -0.15) is 0 Å². The fraction of sp³-hybridized carbons (Fsp3) is 0.250. The second-order valence-corrected chi connectivity index (χ2v) is 6.19. The zero-order valence-electron chi connectivity index (χ0n) is 13.4. The molecular formula is C20H18FNO2. The SMILES string of the molecule is COc1ccc(C2CC(=N)OC3=C2CCc2ccccc23)cc1F. The van der Waals surface area contributed by atoms with E-state index in [4.69, 9.17) is 14.9 Å². The first kappa shape index (κ1) is 14.9. The summed E-state index contributed by atoms with van der Waals surface area (Å²) < 4.78 is 24.9. The average molecular weight is 323 g/mol. The number of fused-ring (bicyclic) bond motifs is 2. The van der Waals surface area contributed by atoms with Crippen LogP contribution in [0.1, 0.15) is 35.4 Å². The molecule has 0 amide bonds. The van der Waals surface area contributed by atoms with Crippen LogP contribution in [0.2, 0.25) is 0 Å². The van der Waals surface area contributed by atoms with E-state index in [1.54, 1.807) is 6.07 Å². The maximum absolute atomic E-state index is 14.1. The van der Waals surface area contributed by atoms with Gasteiger partial charge in [-0.25, -0.2) is 4.39 Å². The van der Waals surface area contributed by atoms with Crippen LogP contribution in [-0.2, 0) is 11.2 Å². The number of halogens is 1. The van der Waals surface area contributed by atoms with Gasteiger partial charge in [-0.1, -0.05) is 30.3 Å². The van der Waals surface area contributed by atoms with Gasteiger partial charge in [-0.05, 0) is 41.7 Å². The van der Waals surface area contributed by atoms with Gasteiger partial charge in [0.15, 0.2) is 17.5 Å². The first-order chi connectivity index (χ1) is 11.7. The Hall–Kier alpha value is -2.62. The van der Waals surface area contributed by atoms with Crippen LogP contribution < -0.4 is 4.74 Å². The predicted octanol–water partition coefficient (Wildman–Crippen LogP) is 4.67. The van der Waals surface area contributed by atoms with Gasteiger partial charge in [-0.15, -0.1) is 0 Å². The summed E-state index contributed by atoms with van der Waals surface area (Å²) >= 11 is 0. The molecule has 2 aliphatic rings. The van der Waals surface area contributed by atoms with E-state index in [1.807, 2.05) is 24.3 Å². The van der Waals surface area contributed by atoms with Crippen molar-refractivity contribution in [2.24, 2.45) is 0 Å². The molecule has 0 saturated carbocycles. The van der Waals surface area contributed by atoms with Gasteiger partial charge in [0.1, 0.15) is 5.76 Å². The van der Waals surface area contributed by atoms with Crippen molar-refractivity contribution in [2.75, 3.05) is 7.11 Å². The van der Waals surface area contributed by atoms with Gasteiger partial charge in [0.2, 0.25) is 0 Å². The highest BCUT2D eigenvalue weighted by atomic mass is 19.1. The summed E-state index contributed by atoms with van der Waals surface area (Å²) in [7, 11) is 1.46. The summed E-state index contributed by atoms with van der Waals surface area (Å²) in [6.45, 7) is 0. The Balaban J connectivity index is 1.82. The fourth-order valence-electron chi connectivity index (χ4n) is 3.66. The van der Waals surface area contributed by atoms with E-state index in [-0.39, 0.29) is 23.4 Å². The number of nitrogens with one attached hydrogen (secondary N) is 1. The maximum Gasteiger partial charge on any atom is 0.188 e. The molecular weight excluding hydrogens is 305 g/mol. The molecule has 24 heavy (non-hydrogen) atoms. The summed E-state index contributed by atoms with van der Waals surface area (Å²) in [5.74, 6) is 0.867. The van der Waals surface area contributed by atoms with Crippen molar-refractivity contribution in [3.05, 3.63) is 70.5 Å². The lowest BCUT2D eigenvalue weighted by atomic mass is 9.78. The molecule has 1 aliphatic heterocycles. The van der Waals surface area contributed by atoms with Gasteiger partial charge >= 0.3 is 0 Å². The van der Waals surface area contributed by atoms with E-state index < -0.39 is 0 Å². The lowest BCUT2D eigenvalue weighted by Crippen LogP contribution is -2.23. The monoisotopic (exact) mass is 323 g/mol. The highest BCUT2D eigenvalue weighted by Gasteiger charge is 2.33. The van der Waals surface area contributed by atoms with Crippen LogP contribution in [0.15, 0.2) is 48.0 Å². The summed E-state index contributed by atoms with van der Waals surface area (Å²) in [5.41, 5.74) is 4.33. The van der Waals surface area contributed by atoms with Crippen molar-refractivity contribution < 1.29 is 13.9 Å². The summed E-state index contributed by atoms with van der Waals surface area (Å²) in [5, 5.41) is 8.09. The molecule has 2 aromatic carbocycles. The lowest BCUT2D eigenvalue weighted by Gasteiger charge is -2.33. The van der Waals surface area contributed by atoms with Gasteiger partial charge < -0.3 is 9.47 Å². The highest BCUT2D eigenvalue weighted by Crippen LogP contribution is 2.45. The minimum absolute atomic E-state index is 0.0185. The minimum Gasteiger partial charge on any atom is -0.494 e. The molecule has 1 unspecified atom stereocenters. The molecule has 0 spiro atoms. The Kier molecular flexibility index (Phi) is 3.60. The van der Waals surface area contributed by atoms with Gasteiger partial charge in [0.05, 0.1) is 7.11 Å². The van der Waals surface area contributed by atoms with Crippen LogP contribution in [0.3, 0.4) is 0 Å². The van der Waals surface area contributed by atoms with E-state index >= 15 is 0 Å². The molecule has 4 heteroatoms. The summed E-state index contributed by atoms with van der Waals surface area (Å²) in [6.07, 6.45) is 2.28. The van der Waals surface area contributed by atoms with Gasteiger partial charge in [0, 0.05) is 17.9 Å². The van der Waals surface area contributed by atoms with Crippen molar-refractivity contribution in [3.63, 3.8) is 0 Å². The summed E-state index contributed by atoms with van der Waals surface area (Å²) in [6, 6.07) is 13.2. The van der Waals surface area contributed by atoms with Crippen molar-refractivity contribution in [1.29, 1.82) is 5.41 Å². The van der Waals surface area contributed by atoms with Gasteiger partial charge in [-0.3, -0.25) is 5.41 Å². The third-order valence-corrected chi connectivity index (χ3v) is 4.83. The van der Waals surface area contributed by atoms with Crippen LogP contribution in [0.25, 0.3) is 5.76 Å². The van der Waals surface area contributed by atoms with E-state index in [9.17, 15) is 4.39 Å². The Morgan fingerprint density at radius 1 is 1.17 bits per heavy atom. The van der Waals surface area contributed by atoms with Crippen LogP contribution in [0.5, 0.6) is 5.75 Å². The molecule has 0 saturated heterocycles. The Labute approximate surface area is 140 Å². The normalized spacial score (nSPS) is 19.4. The van der Waals surface area contributed by atoms with E-state index in [2.05, 4.69) is 6.07 Å². The molecule has 1 heterocycles. The quantitative estimate of drug-likeness (QED) is 0.872. The van der Waals surface area contributed by atoms with Crippen LogP contribution in [-0.4, -0.2) is 13.0 Å². The topological polar surface area (TPSA) is 42.3 Å².